The number of methoxy groups -OCH3 is 1. The van der Waals surface area contributed by atoms with Crippen LogP contribution in [0.25, 0.3) is 0 Å². The van der Waals surface area contributed by atoms with Gasteiger partial charge in [0.2, 0.25) is 0 Å². The first-order chi connectivity index (χ1) is 10.1. The zero-order chi connectivity index (χ0) is 15.2. The molecule has 0 aliphatic rings. The summed E-state index contributed by atoms with van der Waals surface area (Å²) >= 11 is 12.2. The summed E-state index contributed by atoms with van der Waals surface area (Å²) in [5, 5.41) is 4.72. The maximum Gasteiger partial charge on any atom is 0.122 e. The predicted octanol–water partition coefficient (Wildman–Crippen LogP) is 4.38. The van der Waals surface area contributed by atoms with E-state index in [0.717, 1.165) is 24.2 Å². The highest BCUT2D eigenvalue weighted by molar-refractivity contribution is 6.35. The molecule has 0 fully saturated rings. The molecular formula is C17H19Cl2NO. The van der Waals surface area contributed by atoms with E-state index in [9.17, 15) is 0 Å². The van der Waals surface area contributed by atoms with E-state index < -0.39 is 0 Å². The summed E-state index contributed by atoms with van der Waals surface area (Å²) in [5.74, 6) is 0.917. The minimum atomic E-state index is 0.278. The monoisotopic (exact) mass is 323 g/mol. The summed E-state index contributed by atoms with van der Waals surface area (Å²) in [4.78, 5) is 0. The van der Waals surface area contributed by atoms with E-state index >= 15 is 0 Å². The highest BCUT2D eigenvalue weighted by Gasteiger charge is 2.13. The molecule has 0 aromatic heterocycles. The van der Waals surface area contributed by atoms with Crippen molar-refractivity contribution in [3.05, 3.63) is 63.6 Å². The lowest BCUT2D eigenvalue weighted by atomic mass is 9.98. The largest absolute Gasteiger partial charge is 0.496 e. The van der Waals surface area contributed by atoms with Gasteiger partial charge in [-0.2, -0.15) is 0 Å². The molecular weight excluding hydrogens is 305 g/mol. The van der Waals surface area contributed by atoms with Crippen molar-refractivity contribution < 1.29 is 4.74 Å². The molecule has 4 heteroatoms. The minimum Gasteiger partial charge on any atom is -0.496 e. The van der Waals surface area contributed by atoms with Crippen molar-refractivity contribution in [2.75, 3.05) is 14.2 Å². The van der Waals surface area contributed by atoms with Crippen LogP contribution in [0.5, 0.6) is 5.75 Å². The Bertz CT molecular complexity index is 601. The number of likely N-dealkylation sites (N-methyl/N-ethyl adjacent to an activating group) is 1. The number of hydrogen-bond donors (Lipinski definition) is 1. The zero-order valence-electron chi connectivity index (χ0n) is 12.2. The van der Waals surface area contributed by atoms with Crippen molar-refractivity contribution >= 4 is 23.2 Å². The summed E-state index contributed by atoms with van der Waals surface area (Å²) in [6, 6.07) is 14.0. The Morgan fingerprint density at radius 1 is 1.05 bits per heavy atom. The van der Waals surface area contributed by atoms with Crippen LogP contribution in [0.1, 0.15) is 11.1 Å². The van der Waals surface area contributed by atoms with Crippen molar-refractivity contribution in [1.82, 2.24) is 5.32 Å². The quantitative estimate of drug-likeness (QED) is 0.852. The van der Waals surface area contributed by atoms with Gasteiger partial charge in [0.05, 0.1) is 7.11 Å². The van der Waals surface area contributed by atoms with E-state index in [1.54, 1.807) is 13.2 Å². The lowest BCUT2D eigenvalue weighted by molar-refractivity contribution is 0.406. The third-order valence-corrected chi connectivity index (χ3v) is 4.14. The van der Waals surface area contributed by atoms with Gasteiger partial charge in [0.25, 0.3) is 0 Å². The van der Waals surface area contributed by atoms with Gasteiger partial charge >= 0.3 is 0 Å². The first kappa shape index (κ1) is 16.2. The standard InChI is InChI=1S/C17H19Cl2NO/c1-20-15(9-12-7-8-14(18)11-16(12)19)10-13-5-3-4-6-17(13)21-2/h3-8,11,15,20H,9-10H2,1-2H3. The maximum absolute atomic E-state index is 6.26. The molecule has 1 unspecified atom stereocenters. The molecule has 2 rings (SSSR count). The number of rotatable bonds is 6. The normalized spacial score (nSPS) is 12.2. The van der Waals surface area contributed by atoms with E-state index in [1.165, 1.54) is 5.56 Å². The van der Waals surface area contributed by atoms with Gasteiger partial charge in [-0.3, -0.25) is 0 Å². The maximum atomic E-state index is 6.26. The SMILES string of the molecule is CNC(Cc1ccc(Cl)cc1Cl)Cc1ccccc1OC. The van der Waals surface area contributed by atoms with Gasteiger partial charge in [-0.15, -0.1) is 0 Å². The number of para-hydroxylation sites is 1. The smallest absolute Gasteiger partial charge is 0.122 e. The molecule has 0 amide bonds. The molecule has 0 radical (unpaired) electrons. The summed E-state index contributed by atoms with van der Waals surface area (Å²) in [6.07, 6.45) is 1.71. The lowest BCUT2D eigenvalue weighted by Gasteiger charge is -2.18. The van der Waals surface area contributed by atoms with Gasteiger partial charge in [-0.25, -0.2) is 0 Å². The van der Waals surface area contributed by atoms with Crippen molar-refractivity contribution in [1.29, 1.82) is 0 Å². The fourth-order valence-corrected chi connectivity index (χ4v) is 2.85. The predicted molar refractivity (Wildman–Crippen MR) is 89.7 cm³/mol. The van der Waals surface area contributed by atoms with E-state index in [2.05, 4.69) is 11.4 Å². The number of nitrogens with one attached hydrogen (secondary N) is 1. The Hall–Kier alpha value is -1.22. The van der Waals surface area contributed by atoms with Crippen LogP contribution in [0.2, 0.25) is 10.0 Å². The molecule has 0 saturated heterocycles. The Morgan fingerprint density at radius 3 is 2.43 bits per heavy atom. The van der Waals surface area contributed by atoms with Gasteiger partial charge in [0, 0.05) is 16.1 Å². The van der Waals surface area contributed by atoms with Gasteiger partial charge in [-0.05, 0) is 49.2 Å². The molecule has 21 heavy (non-hydrogen) atoms. The molecule has 2 aromatic carbocycles. The first-order valence-corrected chi connectivity index (χ1v) is 7.62. The molecule has 112 valence electrons. The third-order valence-electron chi connectivity index (χ3n) is 3.55. The van der Waals surface area contributed by atoms with Crippen LogP contribution < -0.4 is 10.1 Å². The summed E-state index contributed by atoms with van der Waals surface area (Å²) in [7, 11) is 3.66. The molecule has 1 N–H and O–H groups in total. The lowest BCUT2D eigenvalue weighted by Crippen LogP contribution is -2.30. The van der Waals surface area contributed by atoms with Crippen LogP contribution in [0.4, 0.5) is 0 Å². The summed E-state index contributed by atoms with van der Waals surface area (Å²) in [6.45, 7) is 0. The Balaban J connectivity index is 2.13. The molecule has 0 heterocycles. The van der Waals surface area contributed by atoms with Crippen LogP contribution in [-0.4, -0.2) is 20.2 Å². The van der Waals surface area contributed by atoms with Crippen LogP contribution in [0, 0.1) is 0 Å². The molecule has 0 bridgehead atoms. The molecule has 0 aliphatic heterocycles. The van der Waals surface area contributed by atoms with Crippen molar-refractivity contribution in [2.24, 2.45) is 0 Å². The van der Waals surface area contributed by atoms with Crippen LogP contribution >= 0.6 is 23.2 Å². The Morgan fingerprint density at radius 2 is 1.76 bits per heavy atom. The number of halogens is 2. The van der Waals surface area contributed by atoms with Gasteiger partial charge in [0.15, 0.2) is 0 Å². The fourth-order valence-electron chi connectivity index (χ4n) is 2.37. The highest BCUT2D eigenvalue weighted by Crippen LogP contribution is 2.24. The van der Waals surface area contributed by atoms with E-state index in [1.807, 2.05) is 37.4 Å². The van der Waals surface area contributed by atoms with Crippen LogP contribution in [0.15, 0.2) is 42.5 Å². The third kappa shape index (κ3) is 4.37. The molecule has 2 nitrogen and oxygen atoms in total. The van der Waals surface area contributed by atoms with Crippen molar-refractivity contribution in [3.63, 3.8) is 0 Å². The first-order valence-electron chi connectivity index (χ1n) is 6.87. The van der Waals surface area contributed by atoms with Gasteiger partial charge < -0.3 is 10.1 Å². The molecule has 0 aliphatic carbocycles. The second-order valence-corrected chi connectivity index (χ2v) is 5.79. The number of hydrogen-bond acceptors (Lipinski definition) is 2. The average Bonchev–Trinajstić information content (AvgIpc) is 2.49. The topological polar surface area (TPSA) is 21.3 Å². The fraction of sp³-hybridized carbons (Fsp3) is 0.294. The second-order valence-electron chi connectivity index (χ2n) is 4.94. The van der Waals surface area contributed by atoms with Gasteiger partial charge in [0.1, 0.15) is 5.75 Å². The van der Waals surface area contributed by atoms with Crippen molar-refractivity contribution in [3.8, 4) is 5.75 Å². The molecule has 2 aromatic rings. The molecule has 1 atom stereocenters. The van der Waals surface area contributed by atoms with E-state index in [0.29, 0.717) is 10.0 Å². The van der Waals surface area contributed by atoms with Crippen LogP contribution in [0.3, 0.4) is 0 Å². The second kappa shape index (κ2) is 7.69. The average molecular weight is 324 g/mol. The molecule has 0 saturated carbocycles. The van der Waals surface area contributed by atoms with E-state index in [4.69, 9.17) is 27.9 Å². The number of ether oxygens (including phenoxy) is 1. The van der Waals surface area contributed by atoms with Crippen LogP contribution in [-0.2, 0) is 12.8 Å². The van der Waals surface area contributed by atoms with Gasteiger partial charge in [-0.1, -0.05) is 47.5 Å². The summed E-state index contributed by atoms with van der Waals surface area (Å²) < 4.78 is 5.41. The molecule has 0 spiro atoms. The Kier molecular flexibility index (Phi) is 5.92. The highest BCUT2D eigenvalue weighted by atomic mass is 35.5. The summed E-state index contributed by atoms with van der Waals surface area (Å²) in [5.41, 5.74) is 2.28. The zero-order valence-corrected chi connectivity index (χ0v) is 13.7. The Labute approximate surface area is 136 Å². The number of benzene rings is 2. The van der Waals surface area contributed by atoms with Crippen molar-refractivity contribution in [2.45, 2.75) is 18.9 Å². The van der Waals surface area contributed by atoms with E-state index in [-0.39, 0.29) is 6.04 Å². The minimum absolute atomic E-state index is 0.278.